The zero-order chi connectivity index (χ0) is 16.9. The normalized spacial score (nSPS) is 19.4. The summed E-state index contributed by atoms with van der Waals surface area (Å²) in [6, 6.07) is -1.07. The van der Waals surface area contributed by atoms with E-state index in [1.54, 1.807) is 6.92 Å². The van der Waals surface area contributed by atoms with Crippen molar-refractivity contribution in [1.82, 2.24) is 0 Å². The molecule has 0 aliphatic carbocycles. The summed E-state index contributed by atoms with van der Waals surface area (Å²) in [5.74, 6) is -1.68. The predicted molar refractivity (Wildman–Crippen MR) is 71.1 cm³/mol. The van der Waals surface area contributed by atoms with Gasteiger partial charge in [-0.05, 0) is 26.7 Å². The van der Waals surface area contributed by atoms with E-state index in [4.69, 9.17) is 10.5 Å². The molecule has 21 heavy (non-hydrogen) atoms. The van der Waals surface area contributed by atoms with Gasteiger partial charge in [-0.1, -0.05) is 0 Å². The summed E-state index contributed by atoms with van der Waals surface area (Å²) in [6.07, 6.45) is -5.84. The van der Waals surface area contributed by atoms with Crippen LogP contribution in [0.3, 0.4) is 0 Å². The van der Waals surface area contributed by atoms with Gasteiger partial charge in [-0.25, -0.2) is 4.21 Å². The van der Waals surface area contributed by atoms with Gasteiger partial charge in [0, 0.05) is 21.2 Å². The number of hydrogen-bond acceptors (Lipinski definition) is 6. The Morgan fingerprint density at radius 2 is 1.95 bits per heavy atom. The number of esters is 1. The second kappa shape index (κ2) is 7.41. The lowest BCUT2D eigenvalue weighted by Crippen LogP contribution is -2.43. The summed E-state index contributed by atoms with van der Waals surface area (Å²) in [5.41, 5.74) is 2.45. The average Bonchev–Trinajstić information content (AvgIpc) is 2.33. The summed E-state index contributed by atoms with van der Waals surface area (Å²) in [6.45, 7) is 2.27. The maximum atomic E-state index is 12.4. The van der Waals surface area contributed by atoms with E-state index in [-0.39, 0.29) is 18.8 Å². The molecule has 0 fully saturated rings. The molecule has 0 bridgehead atoms. The zero-order valence-corrected chi connectivity index (χ0v) is 12.7. The maximum absolute atomic E-state index is 12.4. The number of alkyl halides is 3. The van der Waals surface area contributed by atoms with Crippen molar-refractivity contribution in [2.24, 2.45) is 5.73 Å². The Bertz CT molecular complexity index is 449. The van der Waals surface area contributed by atoms with Gasteiger partial charge in [0.25, 0.3) is 0 Å². The van der Waals surface area contributed by atoms with Gasteiger partial charge in [0.2, 0.25) is 0 Å². The van der Waals surface area contributed by atoms with Gasteiger partial charge < -0.3 is 15.6 Å². The molecule has 6 nitrogen and oxygen atoms in total. The molecule has 0 heterocycles. The van der Waals surface area contributed by atoms with Crippen molar-refractivity contribution in [3.8, 4) is 0 Å². The molecule has 0 rings (SSSR count). The Morgan fingerprint density at radius 1 is 1.43 bits per heavy atom. The first-order valence-corrected chi connectivity index (χ1v) is 8.17. The molecule has 0 saturated heterocycles. The van der Waals surface area contributed by atoms with Crippen LogP contribution in [0.5, 0.6) is 0 Å². The first-order valence-electron chi connectivity index (χ1n) is 6.28. The minimum atomic E-state index is -4.86. The molecule has 126 valence electrons. The van der Waals surface area contributed by atoms with Crippen LogP contribution in [0.4, 0.5) is 13.2 Å². The summed E-state index contributed by atoms with van der Waals surface area (Å²) in [5, 5.41) is 9.22. The first kappa shape index (κ1) is 20.1. The van der Waals surface area contributed by atoms with E-state index in [1.807, 2.05) is 0 Å². The van der Waals surface area contributed by atoms with E-state index in [9.17, 15) is 27.3 Å². The summed E-state index contributed by atoms with van der Waals surface area (Å²) in [7, 11) is -3.37. The fourth-order valence-corrected chi connectivity index (χ4v) is 2.86. The molecule has 0 aromatic heterocycles. The number of carbonyl (C=O) groups is 1. The zero-order valence-electron chi connectivity index (χ0n) is 11.9. The Labute approximate surface area is 121 Å². The van der Waals surface area contributed by atoms with Crippen LogP contribution < -0.4 is 5.73 Å². The largest absolute Gasteiger partial charge is 0.465 e. The lowest BCUT2D eigenvalue weighted by atomic mass is 10.0. The van der Waals surface area contributed by atoms with Gasteiger partial charge in [-0.3, -0.25) is 9.57 Å². The van der Waals surface area contributed by atoms with Crippen molar-refractivity contribution >= 4 is 15.7 Å². The standard InChI is InChI=1S/C11H21F3N2O4S/c1-3-20-9(17)8(15)4-6-21(16,19)7-5-10(2,18)11(12,13)14/h8,16,18H,3-7,15H2,1-2H3/t8-,10+,21+/m0/s1. The number of ether oxygens (including phenoxy) is 1. The SMILES string of the molecule is CCOC(=O)[C@@H](N)CC[S@@](=N)(=O)CC[C@@](C)(O)C(F)(F)F. The molecule has 4 N–H and O–H groups in total. The van der Waals surface area contributed by atoms with Crippen molar-refractivity contribution in [3.05, 3.63) is 0 Å². The van der Waals surface area contributed by atoms with Crippen molar-refractivity contribution in [3.63, 3.8) is 0 Å². The van der Waals surface area contributed by atoms with E-state index in [2.05, 4.69) is 4.74 Å². The fraction of sp³-hybridized carbons (Fsp3) is 0.909. The highest BCUT2D eigenvalue weighted by Crippen LogP contribution is 2.32. The molecule has 0 amide bonds. The minimum Gasteiger partial charge on any atom is -0.465 e. The average molecular weight is 334 g/mol. The van der Waals surface area contributed by atoms with Gasteiger partial charge in [0.1, 0.15) is 6.04 Å². The molecule has 10 heteroatoms. The van der Waals surface area contributed by atoms with Crippen LogP contribution in [0.1, 0.15) is 26.7 Å². The molecule has 0 unspecified atom stereocenters. The second-order valence-electron chi connectivity index (χ2n) is 4.89. The number of nitrogens with one attached hydrogen (secondary N) is 1. The quantitative estimate of drug-likeness (QED) is 0.574. The number of carbonyl (C=O) groups excluding carboxylic acids is 1. The summed E-state index contributed by atoms with van der Waals surface area (Å²) >= 11 is 0. The molecular formula is C11H21F3N2O4S. The Kier molecular flexibility index (Phi) is 7.10. The number of hydrogen-bond donors (Lipinski definition) is 3. The molecule has 0 radical (unpaired) electrons. The number of aliphatic hydroxyl groups is 1. The van der Waals surface area contributed by atoms with E-state index < -0.39 is 45.7 Å². The highest BCUT2D eigenvalue weighted by Gasteiger charge is 2.49. The van der Waals surface area contributed by atoms with Crippen LogP contribution in [-0.2, 0) is 19.3 Å². The van der Waals surface area contributed by atoms with E-state index in [0.29, 0.717) is 6.92 Å². The van der Waals surface area contributed by atoms with Crippen LogP contribution in [0.25, 0.3) is 0 Å². The van der Waals surface area contributed by atoms with Gasteiger partial charge in [0.05, 0.1) is 6.61 Å². The van der Waals surface area contributed by atoms with Crippen LogP contribution >= 0.6 is 0 Å². The Hall–Kier alpha value is -0.870. The highest BCUT2D eigenvalue weighted by molar-refractivity contribution is 7.92. The van der Waals surface area contributed by atoms with Crippen LogP contribution in [0.2, 0.25) is 0 Å². The topological polar surface area (TPSA) is 113 Å². The van der Waals surface area contributed by atoms with Crippen molar-refractivity contribution in [1.29, 1.82) is 4.78 Å². The molecular weight excluding hydrogens is 313 g/mol. The monoisotopic (exact) mass is 334 g/mol. The smallest absolute Gasteiger partial charge is 0.416 e. The second-order valence-corrected chi connectivity index (χ2v) is 7.33. The highest BCUT2D eigenvalue weighted by atomic mass is 32.2. The van der Waals surface area contributed by atoms with Crippen LogP contribution in [0.15, 0.2) is 0 Å². The molecule has 0 aromatic rings. The fourth-order valence-electron chi connectivity index (χ4n) is 1.29. The summed E-state index contributed by atoms with van der Waals surface area (Å²) < 4.78 is 61.2. The van der Waals surface area contributed by atoms with E-state index >= 15 is 0 Å². The lowest BCUT2D eigenvalue weighted by Gasteiger charge is -2.26. The van der Waals surface area contributed by atoms with Crippen molar-refractivity contribution < 1.29 is 32.0 Å². The van der Waals surface area contributed by atoms with Crippen LogP contribution in [0, 0.1) is 4.78 Å². The van der Waals surface area contributed by atoms with Gasteiger partial charge in [0.15, 0.2) is 5.60 Å². The molecule has 0 spiro atoms. The Balaban J connectivity index is 4.44. The minimum absolute atomic E-state index is 0.122. The van der Waals surface area contributed by atoms with Gasteiger partial charge in [-0.15, -0.1) is 0 Å². The van der Waals surface area contributed by atoms with Gasteiger partial charge in [-0.2, -0.15) is 13.2 Å². The molecule has 0 aromatic carbocycles. The van der Waals surface area contributed by atoms with E-state index in [0.717, 1.165) is 0 Å². The van der Waals surface area contributed by atoms with Crippen molar-refractivity contribution in [2.75, 3.05) is 18.1 Å². The third-order valence-corrected chi connectivity index (χ3v) is 4.64. The molecule has 0 aliphatic rings. The predicted octanol–water partition coefficient (Wildman–Crippen LogP) is 1.02. The molecule has 0 aliphatic heterocycles. The lowest BCUT2D eigenvalue weighted by molar-refractivity contribution is -0.253. The Morgan fingerprint density at radius 3 is 2.38 bits per heavy atom. The van der Waals surface area contributed by atoms with Crippen molar-refractivity contribution in [2.45, 2.75) is 44.5 Å². The molecule has 0 saturated carbocycles. The number of halogens is 3. The van der Waals surface area contributed by atoms with Crippen LogP contribution in [-0.4, -0.2) is 51.2 Å². The van der Waals surface area contributed by atoms with E-state index in [1.165, 1.54) is 0 Å². The van der Waals surface area contributed by atoms with Gasteiger partial charge >= 0.3 is 12.1 Å². The number of rotatable bonds is 8. The third kappa shape index (κ3) is 7.09. The molecule has 3 atom stereocenters. The third-order valence-electron chi connectivity index (χ3n) is 2.88. The maximum Gasteiger partial charge on any atom is 0.416 e. The summed E-state index contributed by atoms with van der Waals surface area (Å²) in [4.78, 5) is 11.2. The number of nitrogens with two attached hydrogens (primary N) is 1. The first-order chi connectivity index (χ1) is 9.32.